The fourth-order valence-electron chi connectivity index (χ4n) is 3.66. The molecule has 0 aliphatic heterocycles. The smallest absolute Gasteiger partial charge is 0.170 e. The molecule has 0 fully saturated rings. The Morgan fingerprint density at radius 3 is 2.48 bits per heavy atom. The predicted molar refractivity (Wildman–Crippen MR) is 100 cm³/mol. The fourth-order valence-corrected chi connectivity index (χ4v) is 3.66. The molecule has 2 aromatic rings. The van der Waals surface area contributed by atoms with Gasteiger partial charge in [-0.25, -0.2) is 0 Å². The minimum absolute atomic E-state index is 0.0666. The van der Waals surface area contributed by atoms with Gasteiger partial charge in [-0.3, -0.25) is 4.79 Å². The van der Waals surface area contributed by atoms with E-state index in [4.69, 9.17) is 9.47 Å². The summed E-state index contributed by atoms with van der Waals surface area (Å²) in [5.74, 6) is 1.85. The highest BCUT2D eigenvalue weighted by Gasteiger charge is 2.28. The molecular weight excluding hydrogens is 312 g/mol. The molecule has 3 nitrogen and oxygen atoms in total. The van der Waals surface area contributed by atoms with Crippen molar-refractivity contribution in [1.82, 2.24) is 0 Å². The first-order valence-corrected chi connectivity index (χ1v) is 8.94. The van der Waals surface area contributed by atoms with Gasteiger partial charge in [-0.1, -0.05) is 32.0 Å². The number of ketones is 1. The monoisotopic (exact) mass is 338 g/mol. The van der Waals surface area contributed by atoms with Gasteiger partial charge in [0.15, 0.2) is 17.3 Å². The summed E-state index contributed by atoms with van der Waals surface area (Å²) in [5, 5.41) is 0. The van der Waals surface area contributed by atoms with Crippen molar-refractivity contribution in [2.45, 2.75) is 44.9 Å². The zero-order valence-electron chi connectivity index (χ0n) is 15.5. The minimum Gasteiger partial charge on any atom is -0.493 e. The number of Topliss-reactive ketones (excluding diaryl/α,β-unsaturated/α-hetero) is 1. The number of ether oxygens (including phenoxy) is 2. The largest absolute Gasteiger partial charge is 0.493 e. The molecule has 1 atom stereocenters. The summed E-state index contributed by atoms with van der Waals surface area (Å²) in [6.07, 6.45) is 3.02. The summed E-state index contributed by atoms with van der Waals surface area (Å²) in [6.45, 7) is 4.41. The van der Waals surface area contributed by atoms with E-state index in [1.807, 2.05) is 6.07 Å². The predicted octanol–water partition coefficient (Wildman–Crippen LogP) is 5.13. The summed E-state index contributed by atoms with van der Waals surface area (Å²) in [5.41, 5.74) is 4.55. The van der Waals surface area contributed by atoms with Gasteiger partial charge in [0.2, 0.25) is 0 Å². The molecule has 0 N–H and O–H groups in total. The standard InChI is InChI=1S/C22H26O3/c1-14(2)15-8-10-18-16(12-15)6-5-7-19(18)22(23)17-9-11-20(24-3)21(13-17)25-4/h8-14,19H,5-7H2,1-4H3. The molecule has 0 saturated heterocycles. The van der Waals surface area contributed by atoms with E-state index in [0.29, 0.717) is 23.0 Å². The molecule has 3 heteroatoms. The number of carbonyl (C=O) groups excluding carboxylic acids is 1. The lowest BCUT2D eigenvalue weighted by atomic mass is 9.77. The first-order chi connectivity index (χ1) is 12.0. The second-order valence-corrected chi connectivity index (χ2v) is 6.99. The average molecular weight is 338 g/mol. The second-order valence-electron chi connectivity index (χ2n) is 6.99. The van der Waals surface area contributed by atoms with Crippen molar-refractivity contribution in [1.29, 1.82) is 0 Å². The minimum atomic E-state index is -0.0666. The Labute approximate surface area is 150 Å². The van der Waals surface area contributed by atoms with Crippen LogP contribution in [0.25, 0.3) is 0 Å². The molecule has 0 bridgehead atoms. The van der Waals surface area contributed by atoms with Crippen molar-refractivity contribution in [3.05, 3.63) is 58.7 Å². The van der Waals surface area contributed by atoms with Crippen LogP contribution in [-0.4, -0.2) is 20.0 Å². The highest BCUT2D eigenvalue weighted by Crippen LogP contribution is 2.37. The number of fused-ring (bicyclic) bond motifs is 1. The Morgan fingerprint density at radius 2 is 1.80 bits per heavy atom. The SMILES string of the molecule is COc1ccc(C(=O)C2CCCc3cc(C(C)C)ccc32)cc1OC. The lowest BCUT2D eigenvalue weighted by molar-refractivity contribution is 0.0950. The van der Waals surface area contributed by atoms with Crippen LogP contribution in [0.4, 0.5) is 0 Å². The van der Waals surface area contributed by atoms with Crippen LogP contribution < -0.4 is 9.47 Å². The van der Waals surface area contributed by atoms with Gasteiger partial charge in [-0.15, -0.1) is 0 Å². The number of methoxy groups -OCH3 is 2. The van der Waals surface area contributed by atoms with E-state index in [9.17, 15) is 4.79 Å². The third kappa shape index (κ3) is 3.41. The summed E-state index contributed by atoms with van der Waals surface area (Å²) in [7, 11) is 3.19. The van der Waals surface area contributed by atoms with Crippen LogP contribution in [-0.2, 0) is 6.42 Å². The van der Waals surface area contributed by atoms with Crippen LogP contribution >= 0.6 is 0 Å². The van der Waals surface area contributed by atoms with E-state index >= 15 is 0 Å². The zero-order valence-corrected chi connectivity index (χ0v) is 15.5. The third-order valence-electron chi connectivity index (χ3n) is 5.13. The van der Waals surface area contributed by atoms with E-state index in [-0.39, 0.29) is 11.7 Å². The van der Waals surface area contributed by atoms with Crippen LogP contribution in [0.5, 0.6) is 11.5 Å². The number of carbonyl (C=O) groups is 1. The highest BCUT2D eigenvalue weighted by molar-refractivity contribution is 6.01. The summed E-state index contributed by atoms with van der Waals surface area (Å²) >= 11 is 0. The van der Waals surface area contributed by atoms with Crippen LogP contribution in [0.2, 0.25) is 0 Å². The molecule has 3 rings (SSSR count). The molecule has 25 heavy (non-hydrogen) atoms. The average Bonchev–Trinajstić information content (AvgIpc) is 2.65. The topological polar surface area (TPSA) is 35.5 Å². The second kappa shape index (κ2) is 7.30. The molecule has 132 valence electrons. The van der Waals surface area contributed by atoms with Gasteiger partial charge in [0.05, 0.1) is 14.2 Å². The maximum Gasteiger partial charge on any atom is 0.170 e. The van der Waals surface area contributed by atoms with E-state index in [0.717, 1.165) is 19.3 Å². The number of benzene rings is 2. The number of hydrogen-bond acceptors (Lipinski definition) is 3. The quantitative estimate of drug-likeness (QED) is 0.709. The van der Waals surface area contributed by atoms with Crippen LogP contribution in [0.3, 0.4) is 0 Å². The fraction of sp³-hybridized carbons (Fsp3) is 0.409. The summed E-state index contributed by atoms with van der Waals surface area (Å²) < 4.78 is 10.6. The van der Waals surface area contributed by atoms with Crippen molar-refractivity contribution < 1.29 is 14.3 Å². The Bertz CT molecular complexity index is 777. The molecule has 1 aliphatic carbocycles. The number of aryl methyl sites for hydroxylation is 1. The number of hydrogen-bond donors (Lipinski definition) is 0. The van der Waals surface area contributed by atoms with Crippen molar-refractivity contribution >= 4 is 5.78 Å². The van der Waals surface area contributed by atoms with E-state index < -0.39 is 0 Å². The van der Waals surface area contributed by atoms with E-state index in [2.05, 4.69) is 32.0 Å². The third-order valence-corrected chi connectivity index (χ3v) is 5.13. The van der Waals surface area contributed by atoms with E-state index in [1.165, 1.54) is 16.7 Å². The van der Waals surface area contributed by atoms with Crippen LogP contribution in [0, 0.1) is 0 Å². The Balaban J connectivity index is 1.94. The first-order valence-electron chi connectivity index (χ1n) is 8.94. The van der Waals surface area contributed by atoms with Gasteiger partial charge in [0.25, 0.3) is 0 Å². The van der Waals surface area contributed by atoms with E-state index in [1.54, 1.807) is 26.4 Å². The molecule has 0 saturated carbocycles. The molecule has 0 aromatic heterocycles. The molecule has 2 aromatic carbocycles. The Morgan fingerprint density at radius 1 is 1.04 bits per heavy atom. The lowest BCUT2D eigenvalue weighted by Gasteiger charge is -2.26. The normalized spacial score (nSPS) is 16.4. The Kier molecular flexibility index (Phi) is 5.12. The van der Waals surface area contributed by atoms with Crippen molar-refractivity contribution in [3.63, 3.8) is 0 Å². The van der Waals surface area contributed by atoms with Crippen molar-refractivity contribution in [2.75, 3.05) is 14.2 Å². The molecule has 1 unspecified atom stereocenters. The van der Waals surface area contributed by atoms with Gasteiger partial charge in [-0.2, -0.15) is 0 Å². The van der Waals surface area contributed by atoms with Gasteiger partial charge in [0, 0.05) is 11.5 Å². The maximum absolute atomic E-state index is 13.2. The van der Waals surface area contributed by atoms with Gasteiger partial charge >= 0.3 is 0 Å². The highest BCUT2D eigenvalue weighted by atomic mass is 16.5. The summed E-state index contributed by atoms with van der Waals surface area (Å²) in [6, 6.07) is 12.0. The van der Waals surface area contributed by atoms with Crippen LogP contribution in [0.1, 0.15) is 65.6 Å². The molecule has 0 spiro atoms. The van der Waals surface area contributed by atoms with Crippen molar-refractivity contribution in [3.8, 4) is 11.5 Å². The lowest BCUT2D eigenvalue weighted by Crippen LogP contribution is -2.19. The Hall–Kier alpha value is -2.29. The molecular formula is C22H26O3. The summed E-state index contributed by atoms with van der Waals surface area (Å²) in [4.78, 5) is 13.2. The van der Waals surface area contributed by atoms with Crippen molar-refractivity contribution in [2.24, 2.45) is 0 Å². The molecule has 0 amide bonds. The molecule has 0 radical (unpaired) electrons. The van der Waals surface area contributed by atoms with Gasteiger partial charge in [0.1, 0.15) is 0 Å². The maximum atomic E-state index is 13.2. The number of rotatable bonds is 5. The van der Waals surface area contributed by atoms with Crippen LogP contribution in [0.15, 0.2) is 36.4 Å². The molecule has 0 heterocycles. The van der Waals surface area contributed by atoms with Gasteiger partial charge < -0.3 is 9.47 Å². The zero-order chi connectivity index (χ0) is 18.0. The molecule has 1 aliphatic rings. The first kappa shape index (κ1) is 17.5. The van der Waals surface area contributed by atoms with Gasteiger partial charge in [-0.05, 0) is 60.1 Å².